The van der Waals surface area contributed by atoms with Crippen molar-refractivity contribution in [3.63, 3.8) is 0 Å². The molecule has 4 nitrogen and oxygen atoms in total. The lowest BCUT2D eigenvalue weighted by atomic mass is 10.1. The van der Waals surface area contributed by atoms with E-state index < -0.39 is 0 Å². The van der Waals surface area contributed by atoms with Crippen molar-refractivity contribution in [1.29, 1.82) is 0 Å². The zero-order valence-electron chi connectivity index (χ0n) is 14.2. The maximum Gasteiger partial charge on any atom is 0.191 e. The molecule has 124 valence electrons. The highest BCUT2D eigenvalue weighted by molar-refractivity contribution is 7.09. The molecule has 23 heavy (non-hydrogen) atoms. The van der Waals surface area contributed by atoms with Gasteiger partial charge < -0.3 is 10.6 Å². The summed E-state index contributed by atoms with van der Waals surface area (Å²) >= 11 is 1.76. The maximum absolute atomic E-state index is 4.49. The van der Waals surface area contributed by atoms with Gasteiger partial charge in [0.25, 0.3) is 0 Å². The molecular formula is C18H26N4S. The lowest BCUT2D eigenvalue weighted by Gasteiger charge is -2.12. The predicted molar refractivity (Wildman–Crippen MR) is 99.2 cm³/mol. The van der Waals surface area contributed by atoms with Gasteiger partial charge in [-0.15, -0.1) is 11.3 Å². The van der Waals surface area contributed by atoms with Gasteiger partial charge in [-0.25, -0.2) is 4.98 Å². The van der Waals surface area contributed by atoms with Crippen molar-refractivity contribution >= 4 is 17.3 Å². The summed E-state index contributed by atoms with van der Waals surface area (Å²) in [5, 5.41) is 10.1. The molecule has 2 N–H and O–H groups in total. The topological polar surface area (TPSA) is 49.3 Å². The zero-order valence-corrected chi connectivity index (χ0v) is 15.0. The van der Waals surface area contributed by atoms with Gasteiger partial charge in [0.2, 0.25) is 0 Å². The van der Waals surface area contributed by atoms with E-state index in [1.165, 1.54) is 16.1 Å². The number of nitrogens with one attached hydrogen (secondary N) is 2. The van der Waals surface area contributed by atoms with Gasteiger partial charge in [-0.1, -0.05) is 29.8 Å². The number of aryl methyl sites for hydroxylation is 3. The van der Waals surface area contributed by atoms with Crippen LogP contribution in [0.5, 0.6) is 0 Å². The molecule has 0 radical (unpaired) electrons. The van der Waals surface area contributed by atoms with Crippen LogP contribution in [0.15, 0.2) is 34.6 Å². The van der Waals surface area contributed by atoms with E-state index in [-0.39, 0.29) is 0 Å². The smallest absolute Gasteiger partial charge is 0.191 e. The largest absolute Gasteiger partial charge is 0.356 e. The molecule has 0 fully saturated rings. The van der Waals surface area contributed by atoms with Crippen molar-refractivity contribution in [2.75, 3.05) is 13.6 Å². The van der Waals surface area contributed by atoms with E-state index in [2.05, 4.69) is 57.2 Å². The van der Waals surface area contributed by atoms with Crippen molar-refractivity contribution in [2.45, 2.75) is 39.7 Å². The Morgan fingerprint density at radius 2 is 2.09 bits per heavy atom. The third-order valence-electron chi connectivity index (χ3n) is 3.54. The molecule has 0 spiro atoms. The fourth-order valence-electron chi connectivity index (χ4n) is 2.35. The average Bonchev–Trinajstić information content (AvgIpc) is 2.95. The molecule has 0 aliphatic carbocycles. The Bertz CT molecular complexity index is 633. The molecule has 1 aromatic carbocycles. The number of guanidine groups is 1. The Morgan fingerprint density at radius 3 is 2.78 bits per heavy atom. The Labute approximate surface area is 143 Å². The monoisotopic (exact) mass is 330 g/mol. The molecule has 0 bridgehead atoms. The second-order valence-electron chi connectivity index (χ2n) is 5.68. The predicted octanol–water partition coefficient (Wildman–Crippen LogP) is 3.45. The molecule has 0 aliphatic heterocycles. The highest BCUT2D eigenvalue weighted by Gasteiger charge is 2.00. The van der Waals surface area contributed by atoms with Crippen LogP contribution < -0.4 is 10.6 Å². The second-order valence-corrected chi connectivity index (χ2v) is 6.62. The van der Waals surface area contributed by atoms with Crippen LogP contribution in [0.1, 0.15) is 34.7 Å². The van der Waals surface area contributed by atoms with E-state index in [4.69, 9.17) is 0 Å². The van der Waals surface area contributed by atoms with Crippen molar-refractivity contribution in [1.82, 2.24) is 15.6 Å². The van der Waals surface area contributed by atoms with E-state index in [0.29, 0.717) is 0 Å². The van der Waals surface area contributed by atoms with E-state index in [0.717, 1.165) is 44.0 Å². The van der Waals surface area contributed by atoms with Crippen LogP contribution in [0, 0.1) is 13.8 Å². The van der Waals surface area contributed by atoms with Crippen LogP contribution in [0.4, 0.5) is 0 Å². The highest BCUT2D eigenvalue weighted by Crippen LogP contribution is 2.11. The van der Waals surface area contributed by atoms with Gasteiger partial charge in [0, 0.05) is 31.2 Å². The number of aromatic nitrogens is 1. The summed E-state index contributed by atoms with van der Waals surface area (Å²) in [5.74, 6) is 0.858. The van der Waals surface area contributed by atoms with Crippen LogP contribution in [0.25, 0.3) is 0 Å². The first-order valence-corrected chi connectivity index (χ1v) is 8.96. The fraction of sp³-hybridized carbons (Fsp3) is 0.444. The molecule has 0 aliphatic rings. The van der Waals surface area contributed by atoms with Crippen LogP contribution in [0.3, 0.4) is 0 Å². The Hall–Kier alpha value is -1.88. The molecule has 0 saturated heterocycles. The minimum absolute atomic E-state index is 0.791. The van der Waals surface area contributed by atoms with Crippen molar-refractivity contribution in [3.8, 4) is 0 Å². The van der Waals surface area contributed by atoms with Crippen LogP contribution in [0.2, 0.25) is 0 Å². The molecule has 0 saturated carbocycles. The number of benzene rings is 1. The SMILES string of the molecule is CN=C(NCCCCc1nc(C)cs1)NCc1cccc(C)c1. The van der Waals surface area contributed by atoms with Crippen molar-refractivity contribution in [3.05, 3.63) is 51.5 Å². The number of thiazole rings is 1. The van der Waals surface area contributed by atoms with Gasteiger partial charge in [-0.05, 0) is 38.7 Å². The third-order valence-corrected chi connectivity index (χ3v) is 4.57. The number of aliphatic imine (C=N–C) groups is 1. The van der Waals surface area contributed by atoms with Crippen molar-refractivity contribution < 1.29 is 0 Å². The molecule has 2 rings (SSSR count). The normalized spacial score (nSPS) is 11.5. The van der Waals surface area contributed by atoms with Gasteiger partial charge in [-0.3, -0.25) is 4.99 Å². The first-order valence-electron chi connectivity index (χ1n) is 8.08. The minimum Gasteiger partial charge on any atom is -0.356 e. The number of hydrogen-bond acceptors (Lipinski definition) is 3. The second kappa shape index (κ2) is 9.30. The summed E-state index contributed by atoms with van der Waals surface area (Å²) in [6.07, 6.45) is 3.33. The van der Waals surface area contributed by atoms with E-state index in [1.54, 1.807) is 11.3 Å². The van der Waals surface area contributed by atoms with Gasteiger partial charge in [-0.2, -0.15) is 0 Å². The number of nitrogens with zero attached hydrogens (tertiary/aromatic N) is 2. The molecule has 1 aromatic heterocycles. The number of hydrogen-bond donors (Lipinski definition) is 2. The Morgan fingerprint density at radius 1 is 1.22 bits per heavy atom. The standard InChI is InChI=1S/C18H26N4S/c1-14-7-6-8-16(11-14)12-21-18(19-3)20-10-5-4-9-17-22-15(2)13-23-17/h6-8,11,13H,4-5,9-10,12H2,1-3H3,(H2,19,20,21). The minimum atomic E-state index is 0.791. The molecule has 5 heteroatoms. The molecule has 0 atom stereocenters. The average molecular weight is 331 g/mol. The van der Waals surface area contributed by atoms with Crippen LogP contribution in [-0.4, -0.2) is 24.5 Å². The number of unbranched alkanes of at least 4 members (excludes halogenated alkanes) is 1. The summed E-state index contributed by atoms with van der Waals surface area (Å²) in [5.41, 5.74) is 3.68. The lowest BCUT2D eigenvalue weighted by Crippen LogP contribution is -2.37. The molecule has 0 unspecified atom stereocenters. The van der Waals surface area contributed by atoms with Gasteiger partial charge in [0.1, 0.15) is 0 Å². The summed E-state index contributed by atoms with van der Waals surface area (Å²) in [6, 6.07) is 8.52. The quantitative estimate of drug-likeness (QED) is 0.464. The molecule has 0 amide bonds. The van der Waals surface area contributed by atoms with E-state index in [9.17, 15) is 0 Å². The molecular weight excluding hydrogens is 304 g/mol. The molecule has 1 heterocycles. The van der Waals surface area contributed by atoms with Gasteiger partial charge in [0.05, 0.1) is 5.01 Å². The summed E-state index contributed by atoms with van der Waals surface area (Å²) in [4.78, 5) is 8.76. The fourth-order valence-corrected chi connectivity index (χ4v) is 3.17. The zero-order chi connectivity index (χ0) is 16.5. The maximum atomic E-state index is 4.49. The van der Waals surface area contributed by atoms with Crippen LogP contribution in [-0.2, 0) is 13.0 Å². The first-order chi connectivity index (χ1) is 11.2. The first kappa shape index (κ1) is 17.5. The number of rotatable bonds is 7. The van der Waals surface area contributed by atoms with E-state index in [1.807, 2.05) is 14.0 Å². The van der Waals surface area contributed by atoms with E-state index >= 15 is 0 Å². The lowest BCUT2D eigenvalue weighted by molar-refractivity contribution is 0.692. The van der Waals surface area contributed by atoms with Gasteiger partial charge in [0.15, 0.2) is 5.96 Å². The summed E-state index contributed by atoms with van der Waals surface area (Å²) in [6.45, 7) is 5.88. The summed E-state index contributed by atoms with van der Waals surface area (Å²) in [7, 11) is 1.81. The van der Waals surface area contributed by atoms with Crippen molar-refractivity contribution in [2.24, 2.45) is 4.99 Å². The molecule has 2 aromatic rings. The van der Waals surface area contributed by atoms with Gasteiger partial charge >= 0.3 is 0 Å². The third kappa shape index (κ3) is 6.40. The Balaban J connectivity index is 1.63. The highest BCUT2D eigenvalue weighted by atomic mass is 32.1. The summed E-state index contributed by atoms with van der Waals surface area (Å²) < 4.78 is 0. The van der Waals surface area contributed by atoms with Crippen LogP contribution >= 0.6 is 11.3 Å². The Kier molecular flexibility index (Phi) is 7.07.